The molecule has 1 heterocycles. The van der Waals surface area contributed by atoms with E-state index in [4.69, 9.17) is 0 Å². The van der Waals surface area contributed by atoms with E-state index in [0.29, 0.717) is 5.56 Å². The molecule has 1 aromatic heterocycles. The molecule has 0 atom stereocenters. The molecule has 8 rings (SSSR count). The van der Waals surface area contributed by atoms with Crippen LogP contribution in [0.4, 0.5) is 17.1 Å². The molecular formula is C39H27N3. The zero-order valence-corrected chi connectivity index (χ0v) is 23.5. The van der Waals surface area contributed by atoms with Crippen molar-refractivity contribution in [3.8, 4) is 17.2 Å². The number of fused-ring (bicyclic) bond motifs is 1. The third kappa shape index (κ3) is 3.49. The van der Waals surface area contributed by atoms with Gasteiger partial charge in [-0.15, -0.1) is 0 Å². The van der Waals surface area contributed by atoms with Crippen molar-refractivity contribution in [2.75, 3.05) is 4.90 Å². The number of nitriles is 1. The average Bonchev–Trinajstić information content (AvgIpc) is 3.28. The van der Waals surface area contributed by atoms with Gasteiger partial charge in [0.2, 0.25) is 0 Å². The van der Waals surface area contributed by atoms with Gasteiger partial charge in [0, 0.05) is 22.7 Å². The van der Waals surface area contributed by atoms with Crippen LogP contribution >= 0.6 is 0 Å². The summed E-state index contributed by atoms with van der Waals surface area (Å²) in [6, 6.07) is 43.1. The third-order valence-electron chi connectivity index (χ3n) is 8.92. The Labute approximate surface area is 244 Å². The number of rotatable bonds is 4. The van der Waals surface area contributed by atoms with Gasteiger partial charge in [-0.3, -0.25) is 4.98 Å². The number of hydrogen-bond acceptors (Lipinski definition) is 3. The Hall–Kier alpha value is -5.46. The van der Waals surface area contributed by atoms with Crippen molar-refractivity contribution < 1.29 is 0 Å². The monoisotopic (exact) mass is 537 g/mol. The van der Waals surface area contributed by atoms with Crippen molar-refractivity contribution in [2.24, 2.45) is 0 Å². The predicted octanol–water partition coefficient (Wildman–Crippen LogP) is 10.2. The molecule has 1 aliphatic carbocycles. The molecule has 0 saturated heterocycles. The number of pyridine rings is 1. The SMILES string of the molecule is CC1(C)c2cccc3ccc4cc(-c5ccc(N(c6ccc(C#N)cc6)c6cccnc6)c6ccccc56)cc1c4c23. The molecule has 0 N–H and O–H groups in total. The molecule has 7 aromatic rings. The zero-order valence-electron chi connectivity index (χ0n) is 23.5. The predicted molar refractivity (Wildman–Crippen MR) is 174 cm³/mol. The van der Waals surface area contributed by atoms with E-state index in [0.717, 1.165) is 22.4 Å². The van der Waals surface area contributed by atoms with Gasteiger partial charge in [-0.05, 0) is 104 Å². The lowest BCUT2D eigenvalue weighted by Gasteiger charge is -2.27. The van der Waals surface area contributed by atoms with Crippen molar-refractivity contribution in [1.82, 2.24) is 4.98 Å². The van der Waals surface area contributed by atoms with E-state index in [-0.39, 0.29) is 5.41 Å². The molecular weight excluding hydrogens is 510 g/mol. The van der Waals surface area contributed by atoms with Gasteiger partial charge in [-0.25, -0.2) is 0 Å². The molecule has 0 saturated carbocycles. The largest absolute Gasteiger partial charge is 0.308 e. The number of anilines is 3. The maximum Gasteiger partial charge on any atom is 0.0991 e. The average molecular weight is 538 g/mol. The summed E-state index contributed by atoms with van der Waals surface area (Å²) in [7, 11) is 0. The minimum atomic E-state index is -0.0695. The second-order valence-corrected chi connectivity index (χ2v) is 11.6. The molecule has 198 valence electrons. The van der Waals surface area contributed by atoms with Crippen LogP contribution in [0.1, 0.15) is 30.5 Å². The maximum atomic E-state index is 9.39. The first-order chi connectivity index (χ1) is 20.5. The molecule has 0 amide bonds. The number of benzene rings is 6. The van der Waals surface area contributed by atoms with Crippen molar-refractivity contribution in [3.63, 3.8) is 0 Å². The fourth-order valence-corrected chi connectivity index (χ4v) is 6.89. The lowest BCUT2D eigenvalue weighted by molar-refractivity contribution is 0.663. The van der Waals surface area contributed by atoms with Crippen LogP contribution in [0.2, 0.25) is 0 Å². The first kappa shape index (κ1) is 24.3. The van der Waals surface area contributed by atoms with Crippen molar-refractivity contribution in [3.05, 3.63) is 144 Å². The van der Waals surface area contributed by atoms with E-state index in [1.165, 1.54) is 49.2 Å². The van der Waals surface area contributed by atoms with Gasteiger partial charge in [-0.2, -0.15) is 5.26 Å². The smallest absolute Gasteiger partial charge is 0.0991 e. The van der Waals surface area contributed by atoms with Crippen LogP contribution in [0, 0.1) is 11.3 Å². The van der Waals surface area contributed by atoms with Gasteiger partial charge in [0.15, 0.2) is 0 Å². The highest BCUT2D eigenvalue weighted by atomic mass is 15.1. The van der Waals surface area contributed by atoms with Gasteiger partial charge in [0.25, 0.3) is 0 Å². The minimum absolute atomic E-state index is 0.0695. The summed E-state index contributed by atoms with van der Waals surface area (Å²) >= 11 is 0. The Morgan fingerprint density at radius 1 is 0.667 bits per heavy atom. The van der Waals surface area contributed by atoms with Crippen LogP contribution in [0.25, 0.3) is 43.4 Å². The molecule has 3 heteroatoms. The van der Waals surface area contributed by atoms with E-state index < -0.39 is 0 Å². The molecule has 1 aliphatic rings. The summed E-state index contributed by atoms with van der Waals surface area (Å²) < 4.78 is 0. The number of aromatic nitrogens is 1. The van der Waals surface area contributed by atoms with Crippen molar-refractivity contribution in [2.45, 2.75) is 19.3 Å². The zero-order chi connectivity index (χ0) is 28.4. The normalized spacial score (nSPS) is 13.2. The maximum absolute atomic E-state index is 9.39. The second-order valence-electron chi connectivity index (χ2n) is 11.6. The summed E-state index contributed by atoms with van der Waals surface area (Å²) in [5.41, 5.74) is 8.81. The molecule has 0 fully saturated rings. The molecule has 0 spiro atoms. The molecule has 0 aliphatic heterocycles. The standard InChI is InChI=1S/C39H27N3/c1-39(2)34-11-5-7-26-14-15-27-21-28(22-35(39)38(27)37(26)34)31-18-19-36(33-10-4-3-9-32(31)33)42(30-8-6-20-41-24-30)29-16-12-25(23-40)13-17-29/h3-22,24H,1-2H3. The van der Waals surface area contributed by atoms with Crippen molar-refractivity contribution in [1.29, 1.82) is 5.26 Å². The van der Waals surface area contributed by atoms with Crippen molar-refractivity contribution >= 4 is 49.4 Å². The Kier molecular flexibility index (Phi) is 5.23. The van der Waals surface area contributed by atoms with Crippen LogP contribution in [0.15, 0.2) is 128 Å². The van der Waals surface area contributed by atoms with E-state index in [9.17, 15) is 5.26 Å². The molecule has 0 unspecified atom stereocenters. The minimum Gasteiger partial charge on any atom is -0.308 e. The molecule has 6 aromatic carbocycles. The van der Waals surface area contributed by atoms with Gasteiger partial charge >= 0.3 is 0 Å². The highest BCUT2D eigenvalue weighted by Crippen LogP contribution is 2.50. The fraction of sp³-hybridized carbons (Fsp3) is 0.0769. The Morgan fingerprint density at radius 2 is 1.45 bits per heavy atom. The molecule has 0 bridgehead atoms. The summed E-state index contributed by atoms with van der Waals surface area (Å²) in [6.07, 6.45) is 3.67. The van der Waals surface area contributed by atoms with Gasteiger partial charge in [0.05, 0.1) is 29.2 Å². The molecule has 42 heavy (non-hydrogen) atoms. The van der Waals surface area contributed by atoms with Crippen LogP contribution in [-0.4, -0.2) is 4.98 Å². The van der Waals surface area contributed by atoms with Crippen LogP contribution in [0.3, 0.4) is 0 Å². The third-order valence-corrected chi connectivity index (χ3v) is 8.92. The first-order valence-electron chi connectivity index (χ1n) is 14.3. The van der Waals surface area contributed by atoms with E-state index in [1.54, 1.807) is 6.20 Å². The Balaban J connectivity index is 1.36. The fourth-order valence-electron chi connectivity index (χ4n) is 6.89. The van der Waals surface area contributed by atoms with E-state index in [1.807, 2.05) is 36.5 Å². The first-order valence-corrected chi connectivity index (χ1v) is 14.3. The summed E-state index contributed by atoms with van der Waals surface area (Å²) in [5, 5.41) is 17.1. The number of hydrogen-bond donors (Lipinski definition) is 0. The van der Waals surface area contributed by atoms with Gasteiger partial charge in [0.1, 0.15) is 0 Å². The lowest BCUT2D eigenvalue weighted by atomic mass is 9.80. The summed E-state index contributed by atoms with van der Waals surface area (Å²) in [4.78, 5) is 6.64. The van der Waals surface area contributed by atoms with E-state index >= 15 is 0 Å². The molecule has 3 nitrogen and oxygen atoms in total. The lowest BCUT2D eigenvalue weighted by Crippen LogP contribution is -2.15. The van der Waals surface area contributed by atoms with Crippen LogP contribution in [-0.2, 0) is 5.41 Å². The van der Waals surface area contributed by atoms with Gasteiger partial charge < -0.3 is 4.90 Å². The summed E-state index contributed by atoms with van der Waals surface area (Å²) in [6.45, 7) is 4.70. The Morgan fingerprint density at radius 3 is 2.24 bits per heavy atom. The second kappa shape index (κ2) is 9.03. The highest BCUT2D eigenvalue weighted by Gasteiger charge is 2.34. The highest BCUT2D eigenvalue weighted by molar-refractivity contribution is 6.16. The van der Waals surface area contributed by atoms with Crippen LogP contribution in [0.5, 0.6) is 0 Å². The van der Waals surface area contributed by atoms with Gasteiger partial charge in [-0.1, -0.05) is 74.5 Å². The quantitative estimate of drug-likeness (QED) is 0.210. The Bertz CT molecular complexity index is 2220. The topological polar surface area (TPSA) is 39.9 Å². The molecule has 0 radical (unpaired) electrons. The number of nitrogens with zero attached hydrogens (tertiary/aromatic N) is 3. The van der Waals surface area contributed by atoms with E-state index in [2.05, 4.69) is 115 Å². The van der Waals surface area contributed by atoms with Crippen LogP contribution < -0.4 is 4.90 Å². The summed E-state index contributed by atoms with van der Waals surface area (Å²) in [5.74, 6) is 0.